The third-order valence-corrected chi connectivity index (χ3v) is 4.04. The van der Waals surface area contributed by atoms with E-state index < -0.39 is 0 Å². The minimum Gasteiger partial charge on any atom is -0.496 e. The third kappa shape index (κ3) is 3.97. The fourth-order valence-electron chi connectivity index (χ4n) is 2.42. The van der Waals surface area contributed by atoms with E-state index in [1.165, 1.54) is 11.1 Å². The van der Waals surface area contributed by atoms with E-state index in [1.54, 1.807) is 7.11 Å². The zero-order valence-electron chi connectivity index (χ0n) is 13.3. The number of rotatable bonds is 7. The van der Waals surface area contributed by atoms with Gasteiger partial charge in [0.1, 0.15) is 5.75 Å². The highest BCUT2D eigenvalue weighted by Crippen LogP contribution is 2.37. The van der Waals surface area contributed by atoms with Crippen LogP contribution in [0, 0.1) is 12.3 Å². The number of ether oxygens (including phenoxy) is 1. The third-order valence-electron chi connectivity index (χ3n) is 4.04. The highest BCUT2D eigenvalue weighted by molar-refractivity contribution is 5.38. The summed E-state index contributed by atoms with van der Waals surface area (Å²) in [5, 5.41) is 3.70. The molecule has 1 unspecified atom stereocenters. The first-order valence-electron chi connectivity index (χ1n) is 7.34. The van der Waals surface area contributed by atoms with E-state index in [2.05, 4.69) is 58.1 Å². The van der Waals surface area contributed by atoms with Crippen molar-refractivity contribution in [1.29, 1.82) is 0 Å². The lowest BCUT2D eigenvalue weighted by Crippen LogP contribution is -2.34. The van der Waals surface area contributed by atoms with Crippen LogP contribution in [0.1, 0.15) is 57.7 Å². The number of nitrogens with one attached hydrogen (secondary N) is 1. The molecule has 0 aliphatic heterocycles. The van der Waals surface area contributed by atoms with Gasteiger partial charge in [0.25, 0.3) is 0 Å². The monoisotopic (exact) mass is 263 g/mol. The van der Waals surface area contributed by atoms with Gasteiger partial charge in [0.15, 0.2) is 0 Å². The van der Waals surface area contributed by atoms with Gasteiger partial charge >= 0.3 is 0 Å². The Morgan fingerprint density at radius 1 is 1.26 bits per heavy atom. The van der Waals surface area contributed by atoms with E-state index in [1.807, 2.05) is 0 Å². The number of hydrogen-bond acceptors (Lipinski definition) is 2. The van der Waals surface area contributed by atoms with Crippen molar-refractivity contribution in [2.75, 3.05) is 13.7 Å². The van der Waals surface area contributed by atoms with Crippen molar-refractivity contribution in [2.24, 2.45) is 5.41 Å². The largest absolute Gasteiger partial charge is 0.496 e. The Balaban J connectivity index is 3.06. The molecule has 0 saturated carbocycles. The van der Waals surface area contributed by atoms with Crippen LogP contribution in [0.5, 0.6) is 5.75 Å². The van der Waals surface area contributed by atoms with Gasteiger partial charge in [-0.25, -0.2) is 0 Å². The Hall–Kier alpha value is -1.02. The second-order valence-electron chi connectivity index (χ2n) is 5.96. The first-order valence-corrected chi connectivity index (χ1v) is 7.34. The summed E-state index contributed by atoms with van der Waals surface area (Å²) in [7, 11) is 1.73. The van der Waals surface area contributed by atoms with E-state index in [4.69, 9.17) is 4.74 Å². The van der Waals surface area contributed by atoms with Crippen LogP contribution in [-0.4, -0.2) is 13.7 Å². The topological polar surface area (TPSA) is 21.3 Å². The van der Waals surface area contributed by atoms with E-state index in [0.29, 0.717) is 6.04 Å². The Morgan fingerprint density at radius 3 is 2.42 bits per heavy atom. The van der Waals surface area contributed by atoms with Gasteiger partial charge in [-0.2, -0.15) is 0 Å². The Labute approximate surface area is 118 Å². The maximum absolute atomic E-state index is 5.35. The van der Waals surface area contributed by atoms with Crippen molar-refractivity contribution in [2.45, 2.75) is 53.5 Å². The molecule has 0 aromatic heterocycles. The minimum atomic E-state index is 0.246. The molecule has 1 N–H and O–H groups in total. The Kier molecular flexibility index (Phi) is 5.86. The van der Waals surface area contributed by atoms with Gasteiger partial charge in [-0.1, -0.05) is 39.8 Å². The van der Waals surface area contributed by atoms with E-state index in [9.17, 15) is 0 Å². The van der Waals surface area contributed by atoms with Gasteiger partial charge < -0.3 is 10.1 Å². The molecule has 0 bridgehead atoms. The summed E-state index contributed by atoms with van der Waals surface area (Å²) in [6, 6.07) is 6.92. The number of methoxy groups -OCH3 is 1. The standard InChI is InChI=1S/C17H29NO/c1-7-11-18-16(17(4,5)8-2)14-9-10-15(19-6)13(3)12-14/h9-10,12,16,18H,7-8,11H2,1-6H3. The van der Waals surface area contributed by atoms with E-state index in [0.717, 1.165) is 25.1 Å². The van der Waals surface area contributed by atoms with Crippen molar-refractivity contribution in [3.63, 3.8) is 0 Å². The first-order chi connectivity index (χ1) is 8.96. The van der Waals surface area contributed by atoms with Crippen LogP contribution in [0.25, 0.3) is 0 Å². The highest BCUT2D eigenvalue weighted by Gasteiger charge is 2.28. The summed E-state index contributed by atoms with van der Waals surface area (Å²) in [5.41, 5.74) is 2.81. The molecule has 1 rings (SSSR count). The number of benzene rings is 1. The summed E-state index contributed by atoms with van der Waals surface area (Å²) in [6.45, 7) is 12.3. The zero-order chi connectivity index (χ0) is 14.5. The molecule has 0 radical (unpaired) electrons. The fourth-order valence-corrected chi connectivity index (χ4v) is 2.42. The summed E-state index contributed by atoms with van der Waals surface area (Å²) in [5.74, 6) is 0.965. The summed E-state index contributed by atoms with van der Waals surface area (Å²) in [6.07, 6.45) is 2.31. The second kappa shape index (κ2) is 6.95. The smallest absolute Gasteiger partial charge is 0.121 e. The SMILES string of the molecule is CCCNC(c1ccc(OC)c(C)c1)C(C)(C)CC. The summed E-state index contributed by atoms with van der Waals surface area (Å²) < 4.78 is 5.35. The van der Waals surface area contributed by atoms with Crippen LogP contribution in [-0.2, 0) is 0 Å². The molecule has 108 valence electrons. The van der Waals surface area contributed by atoms with Crippen molar-refractivity contribution in [1.82, 2.24) is 5.32 Å². The van der Waals surface area contributed by atoms with Crippen LogP contribution in [0.2, 0.25) is 0 Å². The van der Waals surface area contributed by atoms with Crippen LogP contribution in [0.4, 0.5) is 0 Å². The predicted octanol–water partition coefficient (Wildman–Crippen LogP) is 4.48. The highest BCUT2D eigenvalue weighted by atomic mass is 16.5. The summed E-state index contributed by atoms with van der Waals surface area (Å²) >= 11 is 0. The lowest BCUT2D eigenvalue weighted by atomic mass is 9.78. The van der Waals surface area contributed by atoms with Gasteiger partial charge in [0, 0.05) is 6.04 Å². The van der Waals surface area contributed by atoms with Crippen LogP contribution >= 0.6 is 0 Å². The lowest BCUT2D eigenvalue weighted by Gasteiger charge is -2.35. The number of hydrogen-bond donors (Lipinski definition) is 1. The molecule has 0 heterocycles. The molecular weight excluding hydrogens is 234 g/mol. The molecule has 0 aliphatic rings. The molecule has 1 atom stereocenters. The maximum atomic E-state index is 5.35. The molecule has 0 saturated heterocycles. The van der Waals surface area contributed by atoms with Gasteiger partial charge in [0.05, 0.1) is 7.11 Å². The van der Waals surface area contributed by atoms with E-state index >= 15 is 0 Å². The molecule has 0 aliphatic carbocycles. The molecule has 1 aromatic carbocycles. The maximum Gasteiger partial charge on any atom is 0.121 e. The summed E-state index contributed by atoms with van der Waals surface area (Å²) in [4.78, 5) is 0. The van der Waals surface area contributed by atoms with Crippen molar-refractivity contribution in [3.05, 3.63) is 29.3 Å². The number of aryl methyl sites for hydroxylation is 1. The fraction of sp³-hybridized carbons (Fsp3) is 0.647. The van der Waals surface area contributed by atoms with Gasteiger partial charge in [-0.05, 0) is 48.9 Å². The van der Waals surface area contributed by atoms with E-state index in [-0.39, 0.29) is 5.41 Å². The first kappa shape index (κ1) is 16.0. The predicted molar refractivity (Wildman–Crippen MR) is 82.8 cm³/mol. The van der Waals surface area contributed by atoms with Gasteiger partial charge in [-0.3, -0.25) is 0 Å². The van der Waals surface area contributed by atoms with Crippen molar-refractivity contribution >= 4 is 0 Å². The second-order valence-corrected chi connectivity index (χ2v) is 5.96. The molecule has 0 spiro atoms. The quantitative estimate of drug-likeness (QED) is 0.783. The molecule has 2 heteroatoms. The average molecular weight is 263 g/mol. The van der Waals surface area contributed by atoms with Crippen LogP contribution in [0.3, 0.4) is 0 Å². The molecule has 2 nitrogen and oxygen atoms in total. The lowest BCUT2D eigenvalue weighted by molar-refractivity contribution is 0.234. The molecule has 0 amide bonds. The van der Waals surface area contributed by atoms with Gasteiger partial charge in [-0.15, -0.1) is 0 Å². The van der Waals surface area contributed by atoms with Gasteiger partial charge in [0.2, 0.25) is 0 Å². The zero-order valence-corrected chi connectivity index (χ0v) is 13.3. The molecule has 1 aromatic rings. The molecular formula is C17H29NO. The molecule has 19 heavy (non-hydrogen) atoms. The average Bonchev–Trinajstić information content (AvgIpc) is 2.39. The Bertz CT molecular complexity index is 398. The van der Waals surface area contributed by atoms with Crippen LogP contribution in [0.15, 0.2) is 18.2 Å². The van der Waals surface area contributed by atoms with Crippen LogP contribution < -0.4 is 10.1 Å². The Morgan fingerprint density at radius 2 is 1.95 bits per heavy atom. The minimum absolute atomic E-state index is 0.246. The van der Waals surface area contributed by atoms with Crippen molar-refractivity contribution < 1.29 is 4.74 Å². The molecule has 0 fully saturated rings. The van der Waals surface area contributed by atoms with Crippen molar-refractivity contribution in [3.8, 4) is 5.75 Å². The normalized spacial score (nSPS) is 13.4.